The molecule has 0 saturated heterocycles. The number of benzene rings is 1. The van der Waals surface area contributed by atoms with Crippen molar-refractivity contribution in [2.24, 2.45) is 5.73 Å². The number of phenols is 1. The van der Waals surface area contributed by atoms with Gasteiger partial charge in [-0.1, -0.05) is 12.1 Å². The van der Waals surface area contributed by atoms with Gasteiger partial charge in [0.05, 0.1) is 6.54 Å². The topological polar surface area (TPSA) is 119 Å². The van der Waals surface area contributed by atoms with Gasteiger partial charge in [-0.2, -0.15) is 0 Å². The van der Waals surface area contributed by atoms with E-state index in [1.807, 2.05) is 0 Å². The van der Waals surface area contributed by atoms with Crippen LogP contribution in [0.5, 0.6) is 5.75 Å². The monoisotopic (exact) mass is 266 g/mol. The highest BCUT2D eigenvalue weighted by atomic mass is 16.5. The van der Waals surface area contributed by atoms with E-state index in [2.05, 4.69) is 5.32 Å². The number of amides is 2. The van der Waals surface area contributed by atoms with Crippen molar-refractivity contribution in [3.63, 3.8) is 0 Å². The van der Waals surface area contributed by atoms with Gasteiger partial charge in [-0.3, -0.25) is 9.59 Å². The van der Waals surface area contributed by atoms with Crippen molar-refractivity contribution in [1.82, 2.24) is 5.32 Å². The number of primary amides is 1. The lowest BCUT2D eigenvalue weighted by atomic mass is 10.1. The minimum absolute atomic E-state index is 0.0253. The highest BCUT2D eigenvalue weighted by Gasteiger charge is 2.15. The molecule has 1 aromatic carbocycles. The van der Waals surface area contributed by atoms with Gasteiger partial charge in [-0.05, 0) is 18.6 Å². The molecule has 0 aliphatic heterocycles. The maximum absolute atomic E-state index is 11.6. The van der Waals surface area contributed by atoms with Gasteiger partial charge in [0.15, 0.2) is 6.61 Å². The molecule has 0 saturated carbocycles. The summed E-state index contributed by atoms with van der Waals surface area (Å²) < 4.78 is 4.69. The largest absolute Gasteiger partial charge is 0.507 e. The fourth-order valence-electron chi connectivity index (χ4n) is 1.27. The second-order valence-electron chi connectivity index (χ2n) is 3.79. The normalized spacial score (nSPS) is 9.74. The van der Waals surface area contributed by atoms with E-state index >= 15 is 0 Å². The lowest BCUT2D eigenvalue weighted by Gasteiger charge is -2.07. The van der Waals surface area contributed by atoms with Gasteiger partial charge in [-0.25, -0.2) is 4.79 Å². The van der Waals surface area contributed by atoms with Crippen molar-refractivity contribution in [2.45, 2.75) is 6.92 Å². The van der Waals surface area contributed by atoms with E-state index in [1.165, 1.54) is 6.07 Å². The molecule has 2 amide bonds. The average molecular weight is 266 g/mol. The van der Waals surface area contributed by atoms with Crippen molar-refractivity contribution in [1.29, 1.82) is 0 Å². The van der Waals surface area contributed by atoms with Crippen LogP contribution in [0.2, 0.25) is 0 Å². The molecule has 4 N–H and O–H groups in total. The molecular formula is C12H14N2O5. The maximum atomic E-state index is 11.6. The summed E-state index contributed by atoms with van der Waals surface area (Å²) in [4.78, 5) is 33.2. The summed E-state index contributed by atoms with van der Waals surface area (Å²) in [5.41, 5.74) is 5.33. The van der Waals surface area contributed by atoms with Crippen molar-refractivity contribution in [2.75, 3.05) is 13.2 Å². The zero-order valence-electron chi connectivity index (χ0n) is 10.3. The molecule has 7 nitrogen and oxygen atoms in total. The van der Waals surface area contributed by atoms with Gasteiger partial charge < -0.3 is 20.9 Å². The maximum Gasteiger partial charge on any atom is 0.342 e. The van der Waals surface area contributed by atoms with Crippen molar-refractivity contribution in [3.05, 3.63) is 29.3 Å². The number of carbonyl (C=O) groups excluding carboxylic acids is 3. The lowest BCUT2D eigenvalue weighted by Crippen LogP contribution is -2.36. The zero-order valence-corrected chi connectivity index (χ0v) is 10.3. The predicted octanol–water partition coefficient (Wildman–Crippen LogP) is -0.541. The van der Waals surface area contributed by atoms with Crippen LogP contribution >= 0.6 is 0 Å². The molecule has 0 atom stereocenters. The molecule has 0 spiro atoms. The van der Waals surface area contributed by atoms with E-state index in [-0.39, 0.29) is 17.9 Å². The Morgan fingerprint density at radius 3 is 2.68 bits per heavy atom. The number of hydrogen-bond donors (Lipinski definition) is 3. The quantitative estimate of drug-likeness (QED) is 0.618. The smallest absolute Gasteiger partial charge is 0.342 e. The number of para-hydroxylation sites is 1. The summed E-state index contributed by atoms with van der Waals surface area (Å²) in [5, 5.41) is 11.8. The fraction of sp³-hybridized carbons (Fsp3) is 0.250. The van der Waals surface area contributed by atoms with Crippen LogP contribution < -0.4 is 11.1 Å². The lowest BCUT2D eigenvalue weighted by molar-refractivity contribution is -0.127. The summed E-state index contributed by atoms with van der Waals surface area (Å²) >= 11 is 0. The van der Waals surface area contributed by atoms with Gasteiger partial charge >= 0.3 is 5.97 Å². The highest BCUT2D eigenvalue weighted by Crippen LogP contribution is 2.21. The van der Waals surface area contributed by atoms with Gasteiger partial charge in [0.25, 0.3) is 5.91 Å². The molecule has 0 heterocycles. The number of carbonyl (C=O) groups is 3. The van der Waals surface area contributed by atoms with Gasteiger partial charge in [-0.15, -0.1) is 0 Å². The number of aromatic hydroxyl groups is 1. The van der Waals surface area contributed by atoms with Gasteiger partial charge in [0.2, 0.25) is 5.91 Å². The van der Waals surface area contributed by atoms with Gasteiger partial charge in [0.1, 0.15) is 11.3 Å². The van der Waals surface area contributed by atoms with Crippen LogP contribution in [-0.2, 0) is 14.3 Å². The SMILES string of the molecule is Cc1cccc(C(=O)OCC(=O)NCC(N)=O)c1O. The summed E-state index contributed by atoms with van der Waals surface area (Å²) in [6.45, 7) is 0.747. The Labute approximate surface area is 109 Å². The molecule has 0 aliphatic rings. The molecule has 0 unspecified atom stereocenters. The minimum atomic E-state index is -0.824. The summed E-state index contributed by atoms with van der Waals surface area (Å²) in [6.07, 6.45) is 0. The molecule has 19 heavy (non-hydrogen) atoms. The minimum Gasteiger partial charge on any atom is -0.507 e. The fourth-order valence-corrected chi connectivity index (χ4v) is 1.27. The first-order valence-electron chi connectivity index (χ1n) is 5.42. The van der Waals surface area contributed by atoms with Crippen LogP contribution in [0.1, 0.15) is 15.9 Å². The Kier molecular flexibility index (Phi) is 4.87. The molecule has 7 heteroatoms. The number of esters is 1. The number of phenolic OH excluding ortho intramolecular Hbond substituents is 1. The third kappa shape index (κ3) is 4.30. The first-order valence-corrected chi connectivity index (χ1v) is 5.42. The molecule has 102 valence electrons. The molecule has 0 radical (unpaired) electrons. The van der Waals surface area contributed by atoms with Crippen molar-refractivity contribution < 1.29 is 24.2 Å². The van der Waals surface area contributed by atoms with Crippen LogP contribution in [0.15, 0.2) is 18.2 Å². The van der Waals surface area contributed by atoms with Crippen molar-refractivity contribution >= 4 is 17.8 Å². The number of aryl methyl sites for hydroxylation is 1. The molecule has 0 aromatic heterocycles. The van der Waals surface area contributed by atoms with E-state index in [1.54, 1.807) is 19.1 Å². The summed E-state index contributed by atoms with van der Waals surface area (Å²) in [7, 11) is 0. The number of nitrogens with one attached hydrogen (secondary N) is 1. The standard InChI is InChI=1S/C12H14N2O5/c1-7-3-2-4-8(11(7)17)12(18)19-6-10(16)14-5-9(13)15/h2-4,17H,5-6H2,1H3,(H2,13,15)(H,14,16). The molecule has 0 aliphatic carbocycles. The average Bonchev–Trinajstić information content (AvgIpc) is 2.36. The number of ether oxygens (including phenoxy) is 1. The first kappa shape index (κ1) is 14.5. The predicted molar refractivity (Wildman–Crippen MR) is 65.3 cm³/mol. The third-order valence-corrected chi connectivity index (χ3v) is 2.25. The molecular weight excluding hydrogens is 252 g/mol. The second-order valence-corrected chi connectivity index (χ2v) is 3.79. The van der Waals surface area contributed by atoms with Crippen LogP contribution in [-0.4, -0.2) is 36.0 Å². The Morgan fingerprint density at radius 1 is 1.37 bits per heavy atom. The van der Waals surface area contributed by atoms with Crippen LogP contribution in [0, 0.1) is 6.92 Å². The zero-order chi connectivity index (χ0) is 14.4. The summed E-state index contributed by atoms with van der Waals surface area (Å²) in [5.74, 6) is -2.37. The Bertz CT molecular complexity index is 513. The Balaban J connectivity index is 2.54. The Hall–Kier alpha value is -2.57. The van der Waals surface area contributed by atoms with E-state index in [0.29, 0.717) is 5.56 Å². The van der Waals surface area contributed by atoms with E-state index < -0.39 is 24.4 Å². The number of nitrogens with two attached hydrogens (primary N) is 1. The van der Waals surface area contributed by atoms with Crippen LogP contribution in [0.25, 0.3) is 0 Å². The Morgan fingerprint density at radius 2 is 2.05 bits per heavy atom. The highest BCUT2D eigenvalue weighted by molar-refractivity contribution is 5.94. The van der Waals surface area contributed by atoms with Crippen LogP contribution in [0.3, 0.4) is 0 Å². The second kappa shape index (κ2) is 6.39. The number of rotatable bonds is 5. The van der Waals surface area contributed by atoms with Crippen LogP contribution in [0.4, 0.5) is 0 Å². The van der Waals surface area contributed by atoms with E-state index in [0.717, 1.165) is 0 Å². The summed E-state index contributed by atoms with van der Waals surface area (Å²) in [6, 6.07) is 4.59. The van der Waals surface area contributed by atoms with E-state index in [9.17, 15) is 19.5 Å². The third-order valence-electron chi connectivity index (χ3n) is 2.25. The molecule has 1 aromatic rings. The van der Waals surface area contributed by atoms with E-state index in [4.69, 9.17) is 10.5 Å². The van der Waals surface area contributed by atoms with Crippen molar-refractivity contribution in [3.8, 4) is 5.75 Å². The number of hydrogen-bond acceptors (Lipinski definition) is 5. The molecule has 0 fully saturated rings. The molecule has 0 bridgehead atoms. The molecule has 1 rings (SSSR count). The van der Waals surface area contributed by atoms with Gasteiger partial charge in [0, 0.05) is 0 Å². The first-order chi connectivity index (χ1) is 8.91.